The molecule has 0 aliphatic heterocycles. The zero-order chi connectivity index (χ0) is 18.7. The second-order valence-electron chi connectivity index (χ2n) is 6.21. The minimum absolute atomic E-state index is 0.00811. The second kappa shape index (κ2) is 11.3. The third-order valence-electron chi connectivity index (χ3n) is 3.99. The maximum absolute atomic E-state index is 11.8. The van der Waals surface area contributed by atoms with Gasteiger partial charge >= 0.3 is 0 Å². The third-order valence-corrected chi connectivity index (χ3v) is 3.99. The van der Waals surface area contributed by atoms with E-state index in [1.807, 2.05) is 0 Å². The van der Waals surface area contributed by atoms with Crippen LogP contribution in [0.25, 0.3) is 0 Å². The number of aryl methyl sites for hydroxylation is 1. The molecule has 2 amide bonds. The van der Waals surface area contributed by atoms with E-state index >= 15 is 0 Å². The van der Waals surface area contributed by atoms with Gasteiger partial charge in [0.2, 0.25) is 11.8 Å². The number of hydrogen-bond acceptors (Lipinski definition) is 5. The lowest BCUT2D eigenvalue weighted by Gasteiger charge is -2.09. The van der Waals surface area contributed by atoms with Gasteiger partial charge in [-0.25, -0.2) is 0 Å². The Morgan fingerprint density at radius 2 is 1.84 bits per heavy atom. The van der Waals surface area contributed by atoms with Gasteiger partial charge < -0.3 is 10.6 Å². The summed E-state index contributed by atoms with van der Waals surface area (Å²) in [5.41, 5.74) is 0.621. The first kappa shape index (κ1) is 20.8. The van der Waals surface area contributed by atoms with Crippen LogP contribution in [-0.2, 0) is 27.5 Å². The van der Waals surface area contributed by atoms with Crippen molar-refractivity contribution >= 4 is 17.6 Å². The largest absolute Gasteiger partial charge is 0.356 e. The fourth-order valence-corrected chi connectivity index (χ4v) is 1.97. The molecule has 0 radical (unpaired) electrons. The predicted octanol–water partition coefficient (Wildman–Crippen LogP) is 1.21. The molecule has 2 N–H and O–H groups in total. The number of aromatic nitrogens is 3. The Kier molecular flexibility index (Phi) is 9.42. The highest BCUT2D eigenvalue weighted by Crippen LogP contribution is 1.99. The summed E-state index contributed by atoms with van der Waals surface area (Å²) >= 11 is 0. The highest BCUT2D eigenvalue weighted by molar-refractivity contribution is 5.84. The molecule has 0 bridgehead atoms. The average Bonchev–Trinajstić information content (AvgIpc) is 3.08. The predicted molar refractivity (Wildman–Crippen MR) is 93.5 cm³/mol. The lowest BCUT2D eigenvalue weighted by Crippen LogP contribution is -2.28. The van der Waals surface area contributed by atoms with Crippen LogP contribution in [0, 0.1) is 5.92 Å². The number of nitrogens with one attached hydrogen (secondary N) is 2. The van der Waals surface area contributed by atoms with Gasteiger partial charge in [-0.3, -0.25) is 19.1 Å². The molecule has 0 saturated heterocycles. The van der Waals surface area contributed by atoms with Gasteiger partial charge in [0.1, 0.15) is 11.5 Å². The number of hydrogen-bond donors (Lipinski definition) is 2. The van der Waals surface area contributed by atoms with Gasteiger partial charge in [-0.15, -0.1) is 5.10 Å². The first-order chi connectivity index (χ1) is 11.9. The van der Waals surface area contributed by atoms with Gasteiger partial charge in [-0.1, -0.05) is 32.4 Å². The van der Waals surface area contributed by atoms with Crippen LogP contribution in [0.4, 0.5) is 0 Å². The molecular weight excluding hydrogens is 322 g/mol. The molecule has 0 fully saturated rings. The number of rotatable bonds is 12. The van der Waals surface area contributed by atoms with Crippen LogP contribution in [0.5, 0.6) is 0 Å². The highest BCUT2D eigenvalue weighted by Gasteiger charge is 2.08. The van der Waals surface area contributed by atoms with Gasteiger partial charge in [0.25, 0.3) is 0 Å². The van der Waals surface area contributed by atoms with Crippen molar-refractivity contribution in [1.82, 2.24) is 25.6 Å². The summed E-state index contributed by atoms with van der Waals surface area (Å²) < 4.78 is 1.59. The molecule has 8 heteroatoms. The van der Waals surface area contributed by atoms with Gasteiger partial charge in [-0.05, 0) is 5.92 Å². The summed E-state index contributed by atoms with van der Waals surface area (Å²) in [6, 6.07) is 0. The van der Waals surface area contributed by atoms with Gasteiger partial charge in [-0.2, -0.15) is 0 Å². The zero-order valence-corrected chi connectivity index (χ0v) is 15.4. The topological polar surface area (TPSA) is 106 Å². The molecule has 0 aliphatic rings. The molecule has 1 atom stereocenters. The number of amides is 2. The Labute approximate surface area is 148 Å². The van der Waals surface area contributed by atoms with E-state index in [0.29, 0.717) is 37.5 Å². The van der Waals surface area contributed by atoms with Crippen molar-refractivity contribution in [1.29, 1.82) is 0 Å². The van der Waals surface area contributed by atoms with E-state index in [0.717, 1.165) is 6.42 Å². The number of nitrogens with zero attached hydrogens (tertiary/aromatic N) is 3. The van der Waals surface area contributed by atoms with E-state index in [9.17, 15) is 14.4 Å². The zero-order valence-electron chi connectivity index (χ0n) is 15.4. The average molecular weight is 351 g/mol. The molecule has 0 saturated carbocycles. The van der Waals surface area contributed by atoms with Crippen molar-refractivity contribution in [3.8, 4) is 0 Å². The van der Waals surface area contributed by atoms with Crippen LogP contribution in [0.1, 0.15) is 58.6 Å². The van der Waals surface area contributed by atoms with Crippen LogP contribution in [0.15, 0.2) is 6.20 Å². The lowest BCUT2D eigenvalue weighted by atomic mass is 10.1. The van der Waals surface area contributed by atoms with Crippen molar-refractivity contribution in [2.45, 2.75) is 66.0 Å². The maximum Gasteiger partial charge on any atom is 0.221 e. The monoisotopic (exact) mass is 351 g/mol. The van der Waals surface area contributed by atoms with E-state index in [4.69, 9.17) is 0 Å². The van der Waals surface area contributed by atoms with Gasteiger partial charge in [0.05, 0.1) is 19.3 Å². The van der Waals surface area contributed by atoms with E-state index in [1.54, 1.807) is 17.8 Å². The molecule has 140 valence electrons. The van der Waals surface area contributed by atoms with E-state index in [-0.39, 0.29) is 37.0 Å². The van der Waals surface area contributed by atoms with Gasteiger partial charge in [0.15, 0.2) is 0 Å². The van der Waals surface area contributed by atoms with Crippen LogP contribution >= 0.6 is 0 Å². The molecule has 1 rings (SSSR count). The maximum atomic E-state index is 11.8. The van der Waals surface area contributed by atoms with Crippen molar-refractivity contribution in [2.75, 3.05) is 6.54 Å². The fraction of sp³-hybridized carbons (Fsp3) is 0.706. The Morgan fingerprint density at radius 1 is 1.12 bits per heavy atom. The van der Waals surface area contributed by atoms with E-state index in [2.05, 4.69) is 34.8 Å². The molecule has 0 spiro atoms. The van der Waals surface area contributed by atoms with Crippen molar-refractivity contribution < 1.29 is 14.4 Å². The number of Topliss-reactive ketones (excluding diaryl/α,β-unsaturated/α-hetero) is 1. The second-order valence-corrected chi connectivity index (χ2v) is 6.21. The molecule has 0 aliphatic carbocycles. The van der Waals surface area contributed by atoms with E-state index in [1.165, 1.54) is 0 Å². The lowest BCUT2D eigenvalue weighted by molar-refractivity contribution is -0.125. The number of carbonyl (C=O) groups is 3. The number of ketones is 1. The minimum atomic E-state index is -0.180. The van der Waals surface area contributed by atoms with Crippen molar-refractivity contribution in [3.05, 3.63) is 11.9 Å². The standard InChI is InChI=1S/C17H29N5O3/c1-4-13(3)10-18-17(25)8-9-22-12-14(20-21-22)11-19-16(24)7-6-15(23)5-2/h12-13H,4-11H2,1-3H3,(H,18,25)(H,19,24). The quantitative estimate of drug-likeness (QED) is 0.589. The third kappa shape index (κ3) is 8.97. The molecule has 1 heterocycles. The van der Waals surface area contributed by atoms with E-state index < -0.39 is 0 Å². The Bertz CT molecular complexity index is 570. The normalized spacial score (nSPS) is 11.8. The molecule has 1 aromatic rings. The van der Waals surface area contributed by atoms with Crippen LogP contribution < -0.4 is 10.6 Å². The summed E-state index contributed by atoms with van der Waals surface area (Å²) in [6.45, 7) is 7.36. The SMILES string of the molecule is CCC(=O)CCC(=O)NCc1cn(CCC(=O)NCC(C)CC)nn1. The summed E-state index contributed by atoms with van der Waals surface area (Å²) in [5.74, 6) is 0.359. The summed E-state index contributed by atoms with van der Waals surface area (Å²) in [5, 5.41) is 13.5. The van der Waals surface area contributed by atoms with Crippen LogP contribution in [-0.4, -0.2) is 39.1 Å². The summed E-state index contributed by atoms with van der Waals surface area (Å²) in [4.78, 5) is 34.6. The Hall–Kier alpha value is -2.25. The molecular formula is C17H29N5O3. The van der Waals surface area contributed by atoms with Gasteiger partial charge in [0, 0.05) is 32.2 Å². The van der Waals surface area contributed by atoms with Crippen molar-refractivity contribution in [3.63, 3.8) is 0 Å². The number of carbonyl (C=O) groups excluding carboxylic acids is 3. The summed E-state index contributed by atoms with van der Waals surface area (Å²) in [7, 11) is 0. The molecule has 25 heavy (non-hydrogen) atoms. The van der Waals surface area contributed by atoms with Crippen molar-refractivity contribution in [2.24, 2.45) is 5.92 Å². The molecule has 8 nitrogen and oxygen atoms in total. The van der Waals surface area contributed by atoms with Crippen LogP contribution in [0.3, 0.4) is 0 Å². The fourth-order valence-electron chi connectivity index (χ4n) is 1.97. The Balaban J connectivity index is 2.26. The smallest absolute Gasteiger partial charge is 0.221 e. The highest BCUT2D eigenvalue weighted by atomic mass is 16.2. The first-order valence-electron chi connectivity index (χ1n) is 8.88. The van der Waals surface area contributed by atoms with Crippen LogP contribution in [0.2, 0.25) is 0 Å². The molecule has 1 aromatic heterocycles. The summed E-state index contributed by atoms with van der Waals surface area (Å²) in [6.07, 6.45) is 3.99. The molecule has 1 unspecified atom stereocenters. The minimum Gasteiger partial charge on any atom is -0.356 e. The Morgan fingerprint density at radius 3 is 2.52 bits per heavy atom. The first-order valence-corrected chi connectivity index (χ1v) is 8.88. The molecule has 0 aromatic carbocycles.